The summed E-state index contributed by atoms with van der Waals surface area (Å²) in [5, 5.41) is 36.9. The molecule has 1 aliphatic heterocycles. The summed E-state index contributed by atoms with van der Waals surface area (Å²) in [7, 11) is 0. The molecule has 0 aromatic carbocycles. The van der Waals surface area contributed by atoms with Crippen LogP contribution < -0.4 is 5.73 Å². The number of aliphatic hydroxyl groups is 4. The van der Waals surface area contributed by atoms with E-state index in [0.29, 0.717) is 0 Å². The molecule has 1 heterocycles. The molecule has 6 heteroatoms. The summed E-state index contributed by atoms with van der Waals surface area (Å²) in [6.45, 7) is -0.511. The van der Waals surface area contributed by atoms with Gasteiger partial charge in [-0.3, -0.25) is 0 Å². The summed E-state index contributed by atoms with van der Waals surface area (Å²) in [6.07, 6.45) is -2.59. The van der Waals surface area contributed by atoms with Crippen LogP contribution in [0.25, 0.3) is 0 Å². The fourth-order valence-electron chi connectivity index (χ4n) is 1.35. The Morgan fingerprint density at radius 2 is 2.08 bits per heavy atom. The summed E-state index contributed by atoms with van der Waals surface area (Å²) in [5.74, 6) is 0. The summed E-state index contributed by atoms with van der Waals surface area (Å²) in [5.41, 5.74) is 3.80. The summed E-state index contributed by atoms with van der Waals surface area (Å²) >= 11 is 0. The minimum atomic E-state index is -1.56. The van der Waals surface area contributed by atoms with E-state index in [1.54, 1.807) is 0 Å². The van der Waals surface area contributed by atoms with Gasteiger partial charge in [0.15, 0.2) is 6.29 Å². The predicted molar refractivity (Wildman–Crippen MR) is 42.6 cm³/mol. The molecule has 1 rings (SSSR count). The van der Waals surface area contributed by atoms with Gasteiger partial charge in [0.25, 0.3) is 0 Å². The molecule has 6 nitrogen and oxygen atoms in total. The van der Waals surface area contributed by atoms with Crippen LogP contribution in [0.2, 0.25) is 0 Å². The van der Waals surface area contributed by atoms with E-state index in [4.69, 9.17) is 20.7 Å². The third-order valence-electron chi connectivity index (χ3n) is 2.29. The van der Waals surface area contributed by atoms with Crippen molar-refractivity contribution in [2.45, 2.75) is 30.5 Å². The van der Waals surface area contributed by atoms with Crippen molar-refractivity contribution in [3.05, 3.63) is 0 Å². The summed E-state index contributed by atoms with van der Waals surface area (Å²) in [4.78, 5) is 0. The van der Waals surface area contributed by atoms with E-state index in [2.05, 4.69) is 0 Å². The van der Waals surface area contributed by atoms with Gasteiger partial charge in [-0.1, -0.05) is 0 Å². The molecule has 0 bridgehead atoms. The van der Waals surface area contributed by atoms with Crippen molar-refractivity contribution >= 4 is 0 Å². The zero-order valence-corrected chi connectivity index (χ0v) is 7.13. The summed E-state index contributed by atoms with van der Waals surface area (Å²) in [6, 6.07) is -1.05. The third kappa shape index (κ3) is 1.98. The Morgan fingerprint density at radius 1 is 1.46 bits per heavy atom. The number of hydrogen-bond acceptors (Lipinski definition) is 6. The van der Waals surface area contributed by atoms with E-state index in [-0.39, 0.29) is 19.6 Å². The molecule has 0 aliphatic carbocycles. The molecule has 78 valence electrons. The topological polar surface area (TPSA) is 116 Å². The molecule has 13 heavy (non-hydrogen) atoms. The van der Waals surface area contributed by atoms with Crippen LogP contribution >= 0.6 is 0 Å². The zero-order valence-electron chi connectivity index (χ0n) is 7.13. The van der Waals surface area contributed by atoms with Gasteiger partial charge in [-0.05, 0) is 0 Å². The molecular weight excluding hydrogens is 178 g/mol. The van der Waals surface area contributed by atoms with Crippen LogP contribution in [0.1, 0.15) is 6.42 Å². The lowest BCUT2D eigenvalue weighted by molar-refractivity contribution is -0.248. The first-order chi connectivity index (χ1) is 6.01. The van der Waals surface area contributed by atoms with Crippen molar-refractivity contribution in [3.63, 3.8) is 0 Å². The van der Waals surface area contributed by atoms with E-state index in [0.717, 1.165) is 0 Å². The van der Waals surface area contributed by atoms with Gasteiger partial charge in [-0.25, -0.2) is 0 Å². The van der Waals surface area contributed by atoms with Gasteiger partial charge in [-0.2, -0.15) is 0 Å². The SMILES string of the molecule is NC1C(O)[C@](O)(CCO)CO[C@H]1O. The zero-order chi connectivity index (χ0) is 10.1. The van der Waals surface area contributed by atoms with Crippen LogP contribution in [0.15, 0.2) is 0 Å². The first-order valence-electron chi connectivity index (χ1n) is 4.08. The largest absolute Gasteiger partial charge is 0.396 e. The van der Waals surface area contributed by atoms with Crippen molar-refractivity contribution < 1.29 is 25.2 Å². The molecule has 2 unspecified atom stereocenters. The van der Waals surface area contributed by atoms with Crippen molar-refractivity contribution in [1.29, 1.82) is 0 Å². The summed E-state index contributed by atoms with van der Waals surface area (Å²) < 4.78 is 4.74. The molecule has 1 aliphatic rings. The predicted octanol–water partition coefficient (Wildman–Crippen LogP) is -2.86. The highest BCUT2D eigenvalue weighted by atomic mass is 16.6. The molecule has 0 radical (unpaired) electrons. The standard InChI is InChI=1S/C7H15NO5/c8-4-5(10)7(12,1-2-9)3-13-6(4)11/h4-6,9-12H,1-3,8H2/t4?,5?,6-,7+/m1/s1. The van der Waals surface area contributed by atoms with E-state index < -0.39 is 24.0 Å². The minimum absolute atomic E-state index is 0.0331. The van der Waals surface area contributed by atoms with Crippen LogP contribution in [0, 0.1) is 0 Å². The minimum Gasteiger partial charge on any atom is -0.396 e. The molecular formula is C7H15NO5. The molecule has 0 aromatic heterocycles. The maximum absolute atomic E-state index is 9.70. The number of ether oxygens (including phenoxy) is 1. The Kier molecular flexibility index (Phi) is 3.23. The Bertz CT molecular complexity index is 178. The highest BCUT2D eigenvalue weighted by Gasteiger charge is 2.46. The normalized spacial score (nSPS) is 46.4. The fraction of sp³-hybridized carbons (Fsp3) is 1.00. The molecule has 1 saturated heterocycles. The van der Waals surface area contributed by atoms with Gasteiger partial charge in [0.2, 0.25) is 0 Å². The highest BCUT2D eigenvalue weighted by molar-refractivity contribution is 4.96. The first kappa shape index (κ1) is 10.8. The monoisotopic (exact) mass is 193 g/mol. The molecule has 6 N–H and O–H groups in total. The average molecular weight is 193 g/mol. The van der Waals surface area contributed by atoms with Crippen LogP contribution in [0.3, 0.4) is 0 Å². The molecule has 1 fully saturated rings. The number of hydrogen-bond donors (Lipinski definition) is 5. The molecule has 0 saturated carbocycles. The van der Waals surface area contributed by atoms with E-state index in [9.17, 15) is 10.2 Å². The van der Waals surface area contributed by atoms with Gasteiger partial charge < -0.3 is 30.9 Å². The van der Waals surface area contributed by atoms with Crippen LogP contribution in [0.4, 0.5) is 0 Å². The van der Waals surface area contributed by atoms with E-state index >= 15 is 0 Å². The molecule has 0 amide bonds. The van der Waals surface area contributed by atoms with Crippen LogP contribution in [0.5, 0.6) is 0 Å². The maximum atomic E-state index is 9.70. The number of rotatable bonds is 2. The number of nitrogens with two attached hydrogens (primary N) is 1. The third-order valence-corrected chi connectivity index (χ3v) is 2.29. The Labute approximate surface area is 75.6 Å². The second-order valence-corrected chi connectivity index (χ2v) is 3.30. The van der Waals surface area contributed by atoms with Crippen molar-refractivity contribution in [1.82, 2.24) is 0 Å². The second-order valence-electron chi connectivity index (χ2n) is 3.30. The van der Waals surface area contributed by atoms with Crippen molar-refractivity contribution in [2.24, 2.45) is 5.73 Å². The van der Waals surface area contributed by atoms with Gasteiger partial charge in [0.05, 0.1) is 12.6 Å². The van der Waals surface area contributed by atoms with Crippen molar-refractivity contribution in [3.8, 4) is 0 Å². The van der Waals surface area contributed by atoms with Gasteiger partial charge >= 0.3 is 0 Å². The molecule has 0 aromatic rings. The first-order valence-corrected chi connectivity index (χ1v) is 4.08. The van der Waals surface area contributed by atoms with E-state index in [1.165, 1.54) is 0 Å². The Balaban J connectivity index is 2.67. The molecule has 0 spiro atoms. The lowest BCUT2D eigenvalue weighted by Crippen LogP contribution is -2.64. The molecule has 4 atom stereocenters. The number of aliphatic hydroxyl groups excluding tert-OH is 3. The van der Waals surface area contributed by atoms with Gasteiger partial charge in [0, 0.05) is 13.0 Å². The van der Waals surface area contributed by atoms with Crippen molar-refractivity contribution in [2.75, 3.05) is 13.2 Å². The Hall–Kier alpha value is -0.240. The Morgan fingerprint density at radius 3 is 2.62 bits per heavy atom. The second kappa shape index (κ2) is 3.87. The fourth-order valence-corrected chi connectivity index (χ4v) is 1.35. The lowest BCUT2D eigenvalue weighted by Gasteiger charge is -2.42. The average Bonchev–Trinajstić information content (AvgIpc) is 2.10. The maximum Gasteiger partial charge on any atom is 0.172 e. The van der Waals surface area contributed by atoms with Crippen LogP contribution in [-0.4, -0.2) is 57.7 Å². The highest BCUT2D eigenvalue weighted by Crippen LogP contribution is 2.24. The van der Waals surface area contributed by atoms with E-state index in [1.807, 2.05) is 0 Å². The quantitative estimate of drug-likeness (QED) is 0.322. The smallest absolute Gasteiger partial charge is 0.172 e. The lowest BCUT2D eigenvalue weighted by atomic mass is 9.87. The van der Waals surface area contributed by atoms with Gasteiger partial charge in [-0.15, -0.1) is 0 Å². The van der Waals surface area contributed by atoms with Gasteiger partial charge in [0.1, 0.15) is 11.7 Å². The van der Waals surface area contributed by atoms with Crippen LogP contribution in [-0.2, 0) is 4.74 Å².